The van der Waals surface area contributed by atoms with Crippen LogP contribution in [-0.4, -0.2) is 58.1 Å². The molecule has 1 aromatic rings. The maximum atomic E-state index is 12.9. The SMILES string of the molecule is C[C@H](C(=O)N1CCC[C@H](c2ccn[nH]2)C1)N1CCCCCC1. The molecule has 5 heteroatoms. The van der Waals surface area contributed by atoms with Crippen LogP contribution in [-0.2, 0) is 4.79 Å². The molecule has 0 saturated carbocycles. The Bertz CT molecular complexity index is 465. The molecule has 2 aliphatic rings. The molecule has 1 aromatic heterocycles. The quantitative estimate of drug-likeness (QED) is 0.933. The van der Waals surface area contributed by atoms with E-state index in [0.717, 1.165) is 39.0 Å². The summed E-state index contributed by atoms with van der Waals surface area (Å²) >= 11 is 0. The Balaban J connectivity index is 1.60. The van der Waals surface area contributed by atoms with E-state index in [-0.39, 0.29) is 6.04 Å². The lowest BCUT2D eigenvalue weighted by Crippen LogP contribution is -2.50. The van der Waals surface area contributed by atoms with E-state index >= 15 is 0 Å². The minimum absolute atomic E-state index is 0.0265. The van der Waals surface area contributed by atoms with Gasteiger partial charge < -0.3 is 4.90 Å². The van der Waals surface area contributed by atoms with Crippen LogP contribution in [0.4, 0.5) is 0 Å². The van der Waals surface area contributed by atoms with Crippen LogP contribution in [0.3, 0.4) is 0 Å². The number of nitrogens with one attached hydrogen (secondary N) is 1. The number of aromatic amines is 1. The van der Waals surface area contributed by atoms with Gasteiger partial charge in [-0.1, -0.05) is 12.8 Å². The van der Waals surface area contributed by atoms with Crippen molar-refractivity contribution in [3.8, 4) is 0 Å². The second-order valence-electron chi connectivity index (χ2n) is 6.76. The largest absolute Gasteiger partial charge is 0.341 e. The second-order valence-corrected chi connectivity index (χ2v) is 6.76. The molecular formula is C17H28N4O. The van der Waals surface area contributed by atoms with Crippen LogP contribution in [0.2, 0.25) is 0 Å². The molecule has 2 aliphatic heterocycles. The van der Waals surface area contributed by atoms with Gasteiger partial charge in [0.25, 0.3) is 0 Å². The molecule has 2 fully saturated rings. The third-order valence-electron chi connectivity index (χ3n) is 5.24. The highest BCUT2D eigenvalue weighted by atomic mass is 16.2. The first-order valence-corrected chi connectivity index (χ1v) is 8.78. The van der Waals surface area contributed by atoms with Gasteiger partial charge in [0, 0.05) is 30.9 Å². The molecule has 0 spiro atoms. The number of amides is 1. The number of aromatic nitrogens is 2. The van der Waals surface area contributed by atoms with Crippen molar-refractivity contribution in [2.24, 2.45) is 0 Å². The van der Waals surface area contributed by atoms with Crippen LogP contribution in [0.15, 0.2) is 12.3 Å². The van der Waals surface area contributed by atoms with Gasteiger partial charge in [-0.3, -0.25) is 14.8 Å². The van der Waals surface area contributed by atoms with Crippen molar-refractivity contribution in [3.63, 3.8) is 0 Å². The van der Waals surface area contributed by atoms with Crippen LogP contribution in [0.25, 0.3) is 0 Å². The molecule has 2 atom stereocenters. The Morgan fingerprint density at radius 1 is 1.23 bits per heavy atom. The highest BCUT2D eigenvalue weighted by molar-refractivity contribution is 5.81. The second kappa shape index (κ2) is 7.27. The predicted molar refractivity (Wildman–Crippen MR) is 86.6 cm³/mol. The molecule has 22 heavy (non-hydrogen) atoms. The molecule has 0 aromatic carbocycles. The van der Waals surface area contributed by atoms with Crippen LogP contribution < -0.4 is 0 Å². The highest BCUT2D eigenvalue weighted by Gasteiger charge is 2.30. The van der Waals surface area contributed by atoms with Gasteiger partial charge in [-0.05, 0) is 51.8 Å². The van der Waals surface area contributed by atoms with Crippen LogP contribution in [0.1, 0.15) is 57.1 Å². The average molecular weight is 304 g/mol. The van der Waals surface area contributed by atoms with E-state index in [1.807, 2.05) is 6.07 Å². The highest BCUT2D eigenvalue weighted by Crippen LogP contribution is 2.26. The summed E-state index contributed by atoms with van der Waals surface area (Å²) in [6.07, 6.45) is 9.11. The summed E-state index contributed by atoms with van der Waals surface area (Å²) in [7, 11) is 0. The Kier molecular flexibility index (Phi) is 5.13. The van der Waals surface area contributed by atoms with Crippen molar-refractivity contribution in [2.45, 2.75) is 57.4 Å². The van der Waals surface area contributed by atoms with Crippen LogP contribution in [0.5, 0.6) is 0 Å². The summed E-state index contributed by atoms with van der Waals surface area (Å²) in [5, 5.41) is 7.12. The standard InChI is InChI=1S/C17H28N4O/c1-14(20-10-4-2-3-5-11-20)17(22)21-12-6-7-15(13-21)16-8-9-18-19-16/h8-9,14-15H,2-7,10-13H2,1H3,(H,18,19)/t14-,15+/m1/s1. The third kappa shape index (κ3) is 3.51. The normalized spacial score (nSPS) is 25.7. The molecule has 3 rings (SSSR count). The van der Waals surface area contributed by atoms with Crippen molar-refractivity contribution in [3.05, 3.63) is 18.0 Å². The summed E-state index contributed by atoms with van der Waals surface area (Å²) in [4.78, 5) is 17.3. The predicted octanol–water partition coefficient (Wildman–Crippen LogP) is 2.38. The fraction of sp³-hybridized carbons (Fsp3) is 0.765. The summed E-state index contributed by atoms with van der Waals surface area (Å²) in [5.41, 5.74) is 1.17. The molecule has 122 valence electrons. The van der Waals surface area contributed by atoms with Gasteiger partial charge in [-0.25, -0.2) is 0 Å². The summed E-state index contributed by atoms with van der Waals surface area (Å²) in [5.74, 6) is 0.725. The molecule has 1 amide bonds. The molecule has 1 N–H and O–H groups in total. The van der Waals surface area contributed by atoms with Gasteiger partial charge in [-0.2, -0.15) is 5.10 Å². The topological polar surface area (TPSA) is 52.2 Å². The van der Waals surface area contributed by atoms with Gasteiger partial charge in [0.1, 0.15) is 0 Å². The molecule has 3 heterocycles. The van der Waals surface area contributed by atoms with Crippen LogP contribution >= 0.6 is 0 Å². The van der Waals surface area contributed by atoms with E-state index in [4.69, 9.17) is 0 Å². The van der Waals surface area contributed by atoms with E-state index in [0.29, 0.717) is 11.8 Å². The number of carbonyl (C=O) groups is 1. The zero-order valence-corrected chi connectivity index (χ0v) is 13.6. The average Bonchev–Trinajstić information content (AvgIpc) is 2.96. The Morgan fingerprint density at radius 3 is 2.68 bits per heavy atom. The number of likely N-dealkylation sites (tertiary alicyclic amines) is 2. The smallest absolute Gasteiger partial charge is 0.239 e. The number of hydrogen-bond acceptors (Lipinski definition) is 3. The molecule has 0 radical (unpaired) electrons. The molecule has 0 aliphatic carbocycles. The van der Waals surface area contributed by atoms with E-state index in [1.54, 1.807) is 6.20 Å². The number of rotatable bonds is 3. The molecular weight excluding hydrogens is 276 g/mol. The monoisotopic (exact) mass is 304 g/mol. The Hall–Kier alpha value is -1.36. The van der Waals surface area contributed by atoms with Crippen molar-refractivity contribution in [1.29, 1.82) is 0 Å². The van der Waals surface area contributed by atoms with E-state index in [9.17, 15) is 4.79 Å². The minimum atomic E-state index is 0.0265. The van der Waals surface area contributed by atoms with Gasteiger partial charge in [0.15, 0.2) is 0 Å². The molecule has 0 bridgehead atoms. The molecule has 2 saturated heterocycles. The number of carbonyl (C=O) groups excluding carboxylic acids is 1. The lowest BCUT2D eigenvalue weighted by Gasteiger charge is -2.36. The van der Waals surface area contributed by atoms with Crippen molar-refractivity contribution < 1.29 is 4.79 Å². The summed E-state index contributed by atoms with van der Waals surface area (Å²) in [6.45, 7) is 5.98. The first-order valence-electron chi connectivity index (χ1n) is 8.78. The number of H-pyrrole nitrogens is 1. The Labute approximate surface area is 133 Å². The van der Waals surface area contributed by atoms with Crippen molar-refractivity contribution in [2.75, 3.05) is 26.2 Å². The third-order valence-corrected chi connectivity index (χ3v) is 5.24. The first kappa shape index (κ1) is 15.5. The van der Waals surface area contributed by atoms with E-state index < -0.39 is 0 Å². The van der Waals surface area contributed by atoms with Crippen molar-refractivity contribution >= 4 is 5.91 Å². The number of hydrogen-bond donors (Lipinski definition) is 1. The first-order chi connectivity index (χ1) is 10.8. The summed E-state index contributed by atoms with van der Waals surface area (Å²) in [6, 6.07) is 2.07. The van der Waals surface area contributed by atoms with Crippen LogP contribution in [0, 0.1) is 0 Å². The Morgan fingerprint density at radius 2 is 2.00 bits per heavy atom. The van der Waals surface area contributed by atoms with E-state index in [2.05, 4.69) is 26.9 Å². The van der Waals surface area contributed by atoms with Gasteiger partial charge >= 0.3 is 0 Å². The van der Waals surface area contributed by atoms with E-state index in [1.165, 1.54) is 31.4 Å². The molecule has 5 nitrogen and oxygen atoms in total. The maximum absolute atomic E-state index is 12.9. The lowest BCUT2D eigenvalue weighted by atomic mass is 9.94. The zero-order chi connectivity index (χ0) is 15.4. The number of piperidine rings is 1. The fourth-order valence-corrected chi connectivity index (χ4v) is 3.83. The molecule has 0 unspecified atom stereocenters. The minimum Gasteiger partial charge on any atom is -0.341 e. The number of nitrogens with zero attached hydrogens (tertiary/aromatic N) is 3. The maximum Gasteiger partial charge on any atom is 0.239 e. The summed E-state index contributed by atoms with van der Waals surface area (Å²) < 4.78 is 0. The zero-order valence-electron chi connectivity index (χ0n) is 13.6. The van der Waals surface area contributed by atoms with Crippen molar-refractivity contribution in [1.82, 2.24) is 20.0 Å². The van der Waals surface area contributed by atoms with Gasteiger partial charge in [0.05, 0.1) is 6.04 Å². The fourth-order valence-electron chi connectivity index (χ4n) is 3.83. The van der Waals surface area contributed by atoms with Gasteiger partial charge in [0.2, 0.25) is 5.91 Å². The lowest BCUT2D eigenvalue weighted by molar-refractivity contribution is -0.137. The van der Waals surface area contributed by atoms with Gasteiger partial charge in [-0.15, -0.1) is 0 Å².